The number of ether oxygens (including phenoxy) is 2. The second-order valence-corrected chi connectivity index (χ2v) is 9.91. The Kier molecular flexibility index (Phi) is 7.38. The fourth-order valence-electron chi connectivity index (χ4n) is 4.55. The highest BCUT2D eigenvalue weighted by molar-refractivity contribution is 5.95. The molecule has 0 spiro atoms. The average molecular weight is 529 g/mol. The van der Waals surface area contributed by atoms with E-state index in [9.17, 15) is 10.1 Å². The summed E-state index contributed by atoms with van der Waals surface area (Å²) in [6.07, 6.45) is 4.09. The van der Waals surface area contributed by atoms with Crippen LogP contribution in [0.3, 0.4) is 0 Å². The van der Waals surface area contributed by atoms with Gasteiger partial charge in [-0.05, 0) is 62.4 Å². The number of fused-ring (bicyclic) bond motifs is 1. The lowest BCUT2D eigenvalue weighted by Crippen LogP contribution is -2.55. The molecule has 2 aliphatic rings. The first kappa shape index (κ1) is 26.1. The van der Waals surface area contributed by atoms with Crippen molar-refractivity contribution in [2.24, 2.45) is 4.99 Å². The Morgan fingerprint density at radius 1 is 1.05 bits per heavy atom. The van der Waals surface area contributed by atoms with Crippen LogP contribution in [0.15, 0.2) is 77.8 Å². The van der Waals surface area contributed by atoms with E-state index in [1.165, 1.54) is 12.1 Å². The van der Waals surface area contributed by atoms with Gasteiger partial charge in [0.1, 0.15) is 17.1 Å². The van der Waals surface area contributed by atoms with Crippen molar-refractivity contribution >= 4 is 34.8 Å². The first-order valence-electron chi connectivity index (χ1n) is 12.8. The van der Waals surface area contributed by atoms with E-state index < -0.39 is 4.92 Å². The summed E-state index contributed by atoms with van der Waals surface area (Å²) >= 11 is 0. The van der Waals surface area contributed by atoms with Gasteiger partial charge < -0.3 is 19.7 Å². The molecule has 202 valence electrons. The normalized spacial score (nSPS) is 16.7. The number of nitro groups is 1. The van der Waals surface area contributed by atoms with Gasteiger partial charge in [0.15, 0.2) is 0 Å². The molecule has 10 heteroatoms. The third-order valence-corrected chi connectivity index (χ3v) is 6.58. The summed E-state index contributed by atoms with van der Waals surface area (Å²) in [6.45, 7) is 7.13. The van der Waals surface area contributed by atoms with E-state index >= 15 is 0 Å². The third-order valence-electron chi connectivity index (χ3n) is 6.58. The van der Waals surface area contributed by atoms with Crippen LogP contribution in [0.25, 0.3) is 6.08 Å². The molecule has 0 aromatic heterocycles. The Balaban J connectivity index is 1.34. The number of hydrogen-bond acceptors (Lipinski definition) is 7. The third kappa shape index (κ3) is 6.29. The number of guanidine groups is 1. The zero-order valence-corrected chi connectivity index (χ0v) is 22.3. The molecule has 0 bridgehead atoms. The van der Waals surface area contributed by atoms with Crippen molar-refractivity contribution in [2.75, 3.05) is 43.5 Å². The molecule has 3 aromatic carbocycles. The first-order valence-corrected chi connectivity index (χ1v) is 12.8. The molecule has 5 rings (SSSR count). The van der Waals surface area contributed by atoms with Gasteiger partial charge in [0.05, 0.1) is 23.4 Å². The Labute approximate surface area is 227 Å². The van der Waals surface area contributed by atoms with E-state index in [1.54, 1.807) is 19.2 Å². The van der Waals surface area contributed by atoms with Crippen molar-refractivity contribution in [3.63, 3.8) is 0 Å². The Morgan fingerprint density at radius 2 is 1.79 bits per heavy atom. The predicted molar refractivity (Wildman–Crippen MR) is 154 cm³/mol. The highest BCUT2D eigenvalue weighted by Crippen LogP contribution is 2.33. The summed E-state index contributed by atoms with van der Waals surface area (Å²) in [5.41, 5.74) is 6.56. The Bertz CT molecular complexity index is 1400. The van der Waals surface area contributed by atoms with Crippen LogP contribution in [0, 0.1) is 10.1 Å². The standard InChI is InChI=1S/C29H32N6O4/c1-29(2)15-14-21-20-23(10-13-26(21)39-29)31-28(30-22-8-11-24(12-9-22)35(36)37)32-34-18-16-33(17-19-34)25-6-4-5-7-27(25)38-3/h4-15,20H,16-19H2,1-3H3,(H2,30,31,32). The maximum atomic E-state index is 11.1. The van der Waals surface area contributed by atoms with Crippen LogP contribution >= 0.6 is 0 Å². The number of nitrogens with zero attached hydrogens (tertiary/aromatic N) is 4. The molecule has 2 aliphatic heterocycles. The van der Waals surface area contributed by atoms with E-state index in [0.29, 0.717) is 11.6 Å². The minimum atomic E-state index is -0.421. The maximum absolute atomic E-state index is 11.1. The molecule has 0 unspecified atom stereocenters. The minimum absolute atomic E-state index is 0.0216. The zero-order valence-electron chi connectivity index (χ0n) is 22.3. The number of aliphatic imine (C=N–C) groups is 1. The number of nitrogens with one attached hydrogen (secondary N) is 2. The molecule has 0 radical (unpaired) electrons. The van der Waals surface area contributed by atoms with Gasteiger partial charge in [-0.15, -0.1) is 0 Å². The van der Waals surface area contributed by atoms with Crippen molar-refractivity contribution in [1.82, 2.24) is 10.4 Å². The number of piperazine rings is 1. The van der Waals surface area contributed by atoms with Crippen molar-refractivity contribution in [1.29, 1.82) is 0 Å². The monoisotopic (exact) mass is 528 g/mol. The molecule has 1 saturated heterocycles. The molecule has 2 N–H and O–H groups in total. The predicted octanol–water partition coefficient (Wildman–Crippen LogP) is 5.21. The van der Waals surface area contributed by atoms with Crippen LogP contribution in [0.4, 0.5) is 22.7 Å². The Morgan fingerprint density at radius 3 is 2.51 bits per heavy atom. The number of anilines is 2. The number of benzene rings is 3. The van der Waals surface area contributed by atoms with Crippen LogP contribution in [-0.4, -0.2) is 54.8 Å². The molecule has 10 nitrogen and oxygen atoms in total. The molecule has 0 aliphatic carbocycles. The van der Waals surface area contributed by atoms with E-state index in [4.69, 9.17) is 14.5 Å². The van der Waals surface area contributed by atoms with Crippen LogP contribution < -0.4 is 25.1 Å². The van der Waals surface area contributed by atoms with Gasteiger partial charge in [0, 0.05) is 49.6 Å². The SMILES string of the molecule is COc1ccccc1N1CCN(NC(=Nc2ccc([N+](=O)[O-])cc2)Nc2ccc3c(c2)C=CC(C)(C)O3)CC1. The van der Waals surface area contributed by atoms with Gasteiger partial charge in [0.25, 0.3) is 5.69 Å². The number of para-hydroxylation sites is 2. The number of nitro benzene ring substituents is 1. The molecule has 0 atom stereocenters. The summed E-state index contributed by atoms with van der Waals surface area (Å²) in [4.78, 5) is 17.7. The highest BCUT2D eigenvalue weighted by atomic mass is 16.6. The lowest BCUT2D eigenvalue weighted by molar-refractivity contribution is -0.384. The van der Waals surface area contributed by atoms with Crippen LogP contribution in [0.2, 0.25) is 0 Å². The number of hydrogen-bond donors (Lipinski definition) is 2. The van der Waals surface area contributed by atoms with Crippen LogP contribution in [-0.2, 0) is 0 Å². The second kappa shape index (κ2) is 11.0. The van der Waals surface area contributed by atoms with E-state index in [2.05, 4.69) is 32.8 Å². The summed E-state index contributed by atoms with van der Waals surface area (Å²) in [5, 5.41) is 16.6. The fraction of sp³-hybridized carbons (Fsp3) is 0.276. The summed E-state index contributed by atoms with van der Waals surface area (Å²) in [5.74, 6) is 2.19. The Hall–Kier alpha value is -4.57. The molecule has 3 aromatic rings. The van der Waals surface area contributed by atoms with Gasteiger partial charge >= 0.3 is 0 Å². The van der Waals surface area contributed by atoms with Crippen LogP contribution in [0.1, 0.15) is 19.4 Å². The number of rotatable bonds is 6. The van der Waals surface area contributed by atoms with Crippen molar-refractivity contribution in [3.05, 3.63) is 88.5 Å². The number of non-ortho nitro benzene ring substituents is 1. The van der Waals surface area contributed by atoms with Crippen molar-refractivity contribution in [3.8, 4) is 11.5 Å². The van der Waals surface area contributed by atoms with Gasteiger partial charge in [-0.1, -0.05) is 18.2 Å². The molecular weight excluding hydrogens is 496 g/mol. The van der Waals surface area contributed by atoms with Gasteiger partial charge in [-0.3, -0.25) is 15.5 Å². The summed E-state index contributed by atoms with van der Waals surface area (Å²) in [6, 6.07) is 20.1. The smallest absolute Gasteiger partial charge is 0.269 e. The fourth-order valence-corrected chi connectivity index (χ4v) is 4.55. The molecule has 1 fully saturated rings. The van der Waals surface area contributed by atoms with Gasteiger partial charge in [-0.2, -0.15) is 0 Å². The minimum Gasteiger partial charge on any atom is -0.495 e. The first-order chi connectivity index (χ1) is 18.8. The molecule has 2 heterocycles. The lowest BCUT2D eigenvalue weighted by atomic mass is 10.0. The largest absolute Gasteiger partial charge is 0.495 e. The van der Waals surface area contributed by atoms with Crippen molar-refractivity contribution < 1.29 is 14.4 Å². The average Bonchev–Trinajstić information content (AvgIpc) is 2.93. The number of methoxy groups -OCH3 is 1. The van der Waals surface area contributed by atoms with E-state index in [-0.39, 0.29) is 11.3 Å². The molecule has 39 heavy (non-hydrogen) atoms. The summed E-state index contributed by atoms with van der Waals surface area (Å²) < 4.78 is 11.6. The summed E-state index contributed by atoms with van der Waals surface area (Å²) in [7, 11) is 1.69. The topological polar surface area (TPSA) is 104 Å². The van der Waals surface area contributed by atoms with E-state index in [0.717, 1.165) is 54.6 Å². The highest BCUT2D eigenvalue weighted by Gasteiger charge is 2.23. The molecular formula is C29H32N6O4. The van der Waals surface area contributed by atoms with Gasteiger partial charge in [0.2, 0.25) is 5.96 Å². The molecule has 0 amide bonds. The second-order valence-electron chi connectivity index (χ2n) is 9.91. The zero-order chi connectivity index (χ0) is 27.4. The number of hydrazine groups is 1. The maximum Gasteiger partial charge on any atom is 0.269 e. The lowest BCUT2D eigenvalue weighted by Gasteiger charge is -2.37. The quantitative estimate of drug-likeness (QED) is 0.194. The van der Waals surface area contributed by atoms with Crippen molar-refractivity contribution in [2.45, 2.75) is 19.4 Å². The van der Waals surface area contributed by atoms with E-state index in [1.807, 2.05) is 56.3 Å². The van der Waals surface area contributed by atoms with Gasteiger partial charge in [-0.25, -0.2) is 10.0 Å². The van der Waals surface area contributed by atoms with Crippen LogP contribution in [0.5, 0.6) is 11.5 Å². The molecule has 0 saturated carbocycles.